The summed E-state index contributed by atoms with van der Waals surface area (Å²) in [5.74, 6) is 0. The van der Waals surface area contributed by atoms with Gasteiger partial charge < -0.3 is 5.21 Å². The summed E-state index contributed by atoms with van der Waals surface area (Å²) in [4.78, 5) is 25.9. The number of thiophene rings is 1. The minimum absolute atomic E-state index is 0.204. The quantitative estimate of drug-likeness (QED) is 0.514. The molecule has 0 saturated heterocycles. The van der Waals surface area contributed by atoms with Crippen LogP contribution in [0.2, 0.25) is 0 Å². The molecule has 0 aliphatic heterocycles. The zero-order chi connectivity index (χ0) is 14.3. The number of aryl methyl sites for hydroxylation is 2. The molecule has 2 aromatic rings. The van der Waals surface area contributed by atoms with E-state index in [4.69, 9.17) is 5.21 Å². The average molecular weight is 281 g/mol. The minimum atomic E-state index is -0.332. The fraction of sp³-hybridized carbons (Fsp3) is 0.417. The first-order chi connectivity index (χ1) is 8.90. The van der Waals surface area contributed by atoms with Crippen LogP contribution in [0.4, 0.5) is 0 Å². The van der Waals surface area contributed by atoms with Crippen LogP contribution in [0.1, 0.15) is 30.3 Å². The average Bonchev–Trinajstić information content (AvgIpc) is 2.65. The van der Waals surface area contributed by atoms with E-state index in [0.29, 0.717) is 15.1 Å². The first-order valence-electron chi connectivity index (χ1n) is 5.82. The van der Waals surface area contributed by atoms with Crippen LogP contribution in [0.5, 0.6) is 0 Å². The summed E-state index contributed by atoms with van der Waals surface area (Å²) in [6.07, 6.45) is 1.28. The fourth-order valence-electron chi connectivity index (χ4n) is 2.09. The lowest BCUT2D eigenvalue weighted by molar-refractivity contribution is 0.322. The number of oxime groups is 1. The highest BCUT2D eigenvalue weighted by atomic mass is 32.1. The SMILES string of the molecule is Cc1c(/C=N\O)sc2c1c(=O)n(C(C)C)c(=O)n2C. The Labute approximate surface area is 113 Å². The standard InChI is InChI=1S/C12H15N3O3S/c1-6(2)15-10(16)9-7(3)8(5-13-18)19-11(9)14(4)12(15)17/h5-6,18H,1-4H3/b13-5-. The zero-order valence-corrected chi connectivity index (χ0v) is 12.0. The fourth-order valence-corrected chi connectivity index (χ4v) is 3.21. The van der Waals surface area contributed by atoms with Crippen molar-refractivity contribution in [2.45, 2.75) is 26.8 Å². The highest BCUT2D eigenvalue weighted by Gasteiger charge is 2.18. The molecule has 7 heteroatoms. The van der Waals surface area contributed by atoms with E-state index in [1.165, 1.54) is 26.7 Å². The molecule has 2 aromatic heterocycles. The summed E-state index contributed by atoms with van der Waals surface area (Å²) in [6.45, 7) is 5.38. The molecule has 19 heavy (non-hydrogen) atoms. The molecule has 0 aliphatic carbocycles. The van der Waals surface area contributed by atoms with Crippen molar-refractivity contribution in [1.29, 1.82) is 0 Å². The van der Waals surface area contributed by atoms with Gasteiger partial charge in [-0.05, 0) is 26.3 Å². The van der Waals surface area contributed by atoms with E-state index in [0.717, 1.165) is 5.56 Å². The van der Waals surface area contributed by atoms with Crippen molar-refractivity contribution < 1.29 is 5.21 Å². The van der Waals surface area contributed by atoms with Crippen LogP contribution in [0.15, 0.2) is 14.7 Å². The van der Waals surface area contributed by atoms with Gasteiger partial charge in [0.1, 0.15) is 4.83 Å². The number of nitrogens with zero attached hydrogens (tertiary/aromatic N) is 3. The Kier molecular flexibility index (Phi) is 3.32. The number of hydrogen-bond acceptors (Lipinski definition) is 5. The highest BCUT2D eigenvalue weighted by molar-refractivity contribution is 7.20. The molecule has 0 fully saturated rings. The Morgan fingerprint density at radius 2 is 2.00 bits per heavy atom. The number of rotatable bonds is 2. The van der Waals surface area contributed by atoms with Gasteiger partial charge in [-0.1, -0.05) is 5.16 Å². The summed E-state index contributed by atoms with van der Waals surface area (Å²) in [7, 11) is 1.64. The van der Waals surface area contributed by atoms with Crippen LogP contribution < -0.4 is 11.2 Å². The molecule has 0 atom stereocenters. The van der Waals surface area contributed by atoms with Crippen LogP contribution in [0, 0.1) is 6.92 Å². The summed E-state index contributed by atoms with van der Waals surface area (Å²) in [5, 5.41) is 12.1. The molecule has 0 unspecified atom stereocenters. The maximum absolute atomic E-state index is 12.4. The van der Waals surface area contributed by atoms with Gasteiger partial charge >= 0.3 is 5.69 Å². The maximum Gasteiger partial charge on any atom is 0.332 e. The Balaban J connectivity index is 3.05. The first kappa shape index (κ1) is 13.5. The lowest BCUT2D eigenvalue weighted by Crippen LogP contribution is -2.39. The molecule has 102 valence electrons. The second kappa shape index (κ2) is 4.65. The number of aromatic nitrogens is 2. The van der Waals surface area contributed by atoms with Gasteiger partial charge in [-0.15, -0.1) is 11.3 Å². The molecule has 0 radical (unpaired) electrons. The van der Waals surface area contributed by atoms with Crippen LogP contribution in [0.25, 0.3) is 10.2 Å². The molecule has 6 nitrogen and oxygen atoms in total. The Hall–Kier alpha value is -1.89. The smallest absolute Gasteiger partial charge is 0.332 e. The van der Waals surface area contributed by atoms with Crippen molar-refractivity contribution in [2.75, 3.05) is 0 Å². The number of fused-ring (bicyclic) bond motifs is 1. The molecule has 0 bridgehead atoms. The van der Waals surface area contributed by atoms with Crippen LogP contribution in [-0.2, 0) is 7.05 Å². The van der Waals surface area contributed by atoms with E-state index in [1.54, 1.807) is 27.8 Å². The monoisotopic (exact) mass is 281 g/mol. The highest BCUT2D eigenvalue weighted by Crippen LogP contribution is 2.26. The van der Waals surface area contributed by atoms with Gasteiger partial charge in [0.05, 0.1) is 16.5 Å². The molecule has 0 spiro atoms. The summed E-state index contributed by atoms with van der Waals surface area (Å²) in [6, 6.07) is -0.204. The maximum atomic E-state index is 12.4. The predicted molar refractivity (Wildman–Crippen MR) is 75.8 cm³/mol. The largest absolute Gasteiger partial charge is 0.411 e. The van der Waals surface area contributed by atoms with E-state index >= 15 is 0 Å². The van der Waals surface area contributed by atoms with E-state index in [2.05, 4.69) is 5.16 Å². The number of hydrogen-bond donors (Lipinski definition) is 1. The molecule has 2 rings (SSSR count). The van der Waals surface area contributed by atoms with Gasteiger partial charge in [0.2, 0.25) is 0 Å². The van der Waals surface area contributed by atoms with E-state index in [-0.39, 0.29) is 17.3 Å². The van der Waals surface area contributed by atoms with Crippen molar-refractivity contribution in [2.24, 2.45) is 12.2 Å². The van der Waals surface area contributed by atoms with Gasteiger partial charge in [-0.25, -0.2) is 4.79 Å². The van der Waals surface area contributed by atoms with Gasteiger partial charge in [0.25, 0.3) is 5.56 Å². The molecular formula is C12H15N3O3S. The van der Waals surface area contributed by atoms with Crippen LogP contribution >= 0.6 is 11.3 Å². The third-order valence-electron chi connectivity index (χ3n) is 3.09. The zero-order valence-electron chi connectivity index (χ0n) is 11.2. The summed E-state index contributed by atoms with van der Waals surface area (Å²) in [5.41, 5.74) is 0.105. The van der Waals surface area contributed by atoms with Crippen molar-refractivity contribution >= 4 is 27.8 Å². The molecule has 0 aromatic carbocycles. The molecule has 2 heterocycles. The van der Waals surface area contributed by atoms with Crippen molar-refractivity contribution in [3.05, 3.63) is 31.3 Å². The van der Waals surface area contributed by atoms with Gasteiger partial charge in [-0.2, -0.15) is 0 Å². The molecule has 0 saturated carbocycles. The summed E-state index contributed by atoms with van der Waals surface area (Å²) < 4.78 is 2.70. The molecule has 0 aliphatic rings. The Bertz CT molecular complexity index is 780. The van der Waals surface area contributed by atoms with Crippen molar-refractivity contribution in [3.63, 3.8) is 0 Å². The predicted octanol–water partition coefficient (Wildman–Crippen LogP) is 1.46. The molecular weight excluding hydrogens is 266 g/mol. The lowest BCUT2D eigenvalue weighted by Gasteiger charge is -2.11. The Morgan fingerprint density at radius 3 is 2.53 bits per heavy atom. The van der Waals surface area contributed by atoms with Crippen LogP contribution in [-0.4, -0.2) is 20.6 Å². The van der Waals surface area contributed by atoms with Gasteiger partial charge in [0.15, 0.2) is 0 Å². The molecule has 1 N–H and O–H groups in total. The third kappa shape index (κ3) is 1.90. The van der Waals surface area contributed by atoms with Crippen molar-refractivity contribution in [3.8, 4) is 0 Å². The van der Waals surface area contributed by atoms with Gasteiger partial charge in [0, 0.05) is 13.1 Å². The topological polar surface area (TPSA) is 76.6 Å². The second-order valence-electron chi connectivity index (χ2n) is 4.63. The minimum Gasteiger partial charge on any atom is -0.411 e. The lowest BCUT2D eigenvalue weighted by atomic mass is 10.2. The second-order valence-corrected chi connectivity index (χ2v) is 5.66. The van der Waals surface area contributed by atoms with E-state index in [9.17, 15) is 9.59 Å². The summed E-state index contributed by atoms with van der Waals surface area (Å²) >= 11 is 1.26. The first-order valence-corrected chi connectivity index (χ1v) is 6.63. The third-order valence-corrected chi connectivity index (χ3v) is 4.39. The van der Waals surface area contributed by atoms with Crippen molar-refractivity contribution in [1.82, 2.24) is 9.13 Å². The Morgan fingerprint density at radius 1 is 1.37 bits per heavy atom. The van der Waals surface area contributed by atoms with E-state index in [1.807, 2.05) is 0 Å². The van der Waals surface area contributed by atoms with E-state index < -0.39 is 0 Å². The van der Waals surface area contributed by atoms with Crippen LogP contribution in [0.3, 0.4) is 0 Å². The normalized spacial score (nSPS) is 12.1. The van der Waals surface area contributed by atoms with Gasteiger partial charge in [-0.3, -0.25) is 13.9 Å². The molecule has 0 amide bonds.